The Labute approximate surface area is 859 Å². The molecule has 2 heteroatoms. The van der Waals surface area contributed by atoms with E-state index < -0.39 is 0 Å². The Morgan fingerprint density at radius 3 is 0.820 bits per heavy atom. The number of hydrogen-bond donors (Lipinski definition) is 0. The van der Waals surface area contributed by atoms with Gasteiger partial charge in [-0.15, -0.1) is 23.7 Å². The van der Waals surface area contributed by atoms with E-state index in [0.29, 0.717) is 11.8 Å². The van der Waals surface area contributed by atoms with Crippen molar-refractivity contribution in [2.24, 2.45) is 141 Å². The molecule has 0 amide bonds. The first-order chi connectivity index (χ1) is 64.6. The maximum Gasteiger partial charge on any atom is 0 e. The van der Waals surface area contributed by atoms with Crippen LogP contribution in [-0.4, -0.2) is 0 Å². The smallest absolute Gasteiger partial charge is 0 e. The summed E-state index contributed by atoms with van der Waals surface area (Å²) >= 11 is 0. The fourth-order valence-electron chi connectivity index (χ4n) is 37.3. The number of benzene rings is 8. The predicted octanol–water partition coefficient (Wildman–Crippen LogP) is 37.1. The first-order valence-electron chi connectivity index (χ1n) is 56.2. The van der Waals surface area contributed by atoms with E-state index >= 15 is 0 Å². The van der Waals surface area contributed by atoms with Crippen molar-refractivity contribution >= 4 is 54.6 Å². The summed E-state index contributed by atoms with van der Waals surface area (Å²) in [5.41, 5.74) is 28.8. The second-order valence-electron chi connectivity index (χ2n) is 45.4. The van der Waals surface area contributed by atoms with Crippen LogP contribution >= 0.6 is 0 Å². The summed E-state index contributed by atoms with van der Waals surface area (Å²) < 4.78 is 0. The van der Waals surface area contributed by atoms with E-state index in [0.717, 1.165) is 176 Å². The summed E-state index contributed by atoms with van der Waals surface area (Å²) in [6.07, 6.45) is 53.7. The van der Waals surface area contributed by atoms with Crippen molar-refractivity contribution in [3.05, 3.63) is 262 Å². The van der Waals surface area contributed by atoms with E-state index in [2.05, 4.69) is 164 Å². The van der Waals surface area contributed by atoms with Crippen LogP contribution < -0.4 is 0 Å². The molecule has 0 saturated heterocycles. The minimum absolute atomic E-state index is 0. The Balaban J connectivity index is 0.000000102. The van der Waals surface area contributed by atoms with Gasteiger partial charge in [0.1, 0.15) is 0 Å². The van der Waals surface area contributed by atoms with Gasteiger partial charge in [-0.2, -0.15) is 0 Å². The molecule has 0 heterocycles. The summed E-state index contributed by atoms with van der Waals surface area (Å²) in [6, 6.07) is 60.5. The number of rotatable bonds is 1. The van der Waals surface area contributed by atoms with E-state index in [4.69, 9.17) is 19.7 Å². The van der Waals surface area contributed by atoms with Gasteiger partial charge in [-0.25, -0.2) is 0 Å². The van der Waals surface area contributed by atoms with E-state index in [1.54, 1.807) is 113 Å². The maximum atomic E-state index is 6.10. The number of fused-ring (bicyclic) bond motifs is 8. The summed E-state index contributed by atoms with van der Waals surface area (Å²) in [5, 5.41) is 9.14. The van der Waals surface area contributed by atoms with Crippen molar-refractivity contribution in [3.63, 3.8) is 0 Å². The Kier molecular flexibility index (Phi) is 30.6. The quantitative estimate of drug-likeness (QED) is 0.144. The van der Waals surface area contributed by atoms with Gasteiger partial charge < -0.3 is 48.6 Å². The van der Waals surface area contributed by atoms with Crippen LogP contribution in [0.15, 0.2) is 181 Å². The average molecular weight is 1920 g/mol. The molecule has 18 saturated carbocycles. The van der Waals surface area contributed by atoms with Gasteiger partial charge in [-0.05, 0) is 424 Å². The zero-order valence-corrected chi connectivity index (χ0v) is 90.7. The third kappa shape index (κ3) is 16.3. The second kappa shape index (κ2) is 41.4. The largest absolute Gasteiger partial charge is 0.394 e. The molecular weight excluding hydrogens is 1750 g/mol. The van der Waals surface area contributed by atoms with Gasteiger partial charge in [0.15, 0.2) is 0 Å². The Morgan fingerprint density at radius 1 is 0.241 bits per heavy atom. The minimum atomic E-state index is 0. The molecule has 10 atom stereocenters. The fourth-order valence-corrected chi connectivity index (χ4v) is 37.3. The molecule has 2 radical (unpaired) electrons. The topological polar surface area (TPSA) is 0 Å². The first kappa shape index (κ1) is 98.4. The number of hydrogen-bond acceptors (Lipinski definition) is 0. The van der Waals surface area contributed by atoms with Crippen LogP contribution in [-0.2, 0) is 65.4 Å². The molecule has 0 aromatic heterocycles. The van der Waals surface area contributed by atoms with E-state index in [1.165, 1.54) is 214 Å². The van der Waals surface area contributed by atoms with Gasteiger partial charge in [-0.3, -0.25) is 0 Å². The van der Waals surface area contributed by atoms with Crippen LogP contribution in [0.2, 0.25) is 0 Å². The third-order valence-electron chi connectivity index (χ3n) is 40.5. The fraction of sp³-hybridized carbons (Fsp3) is 0.588. The van der Waals surface area contributed by atoms with Gasteiger partial charge in [-0.1, -0.05) is 306 Å². The molecule has 8 aromatic rings. The van der Waals surface area contributed by atoms with E-state index in [9.17, 15) is 0 Å². The van der Waals surface area contributed by atoms with Crippen LogP contribution in [0.4, 0.5) is 0 Å². The molecule has 0 aliphatic heterocycles. The van der Waals surface area contributed by atoms with Crippen LogP contribution in [0.25, 0.3) is 54.6 Å². The van der Waals surface area contributed by atoms with Crippen LogP contribution in [0.3, 0.4) is 0 Å². The Morgan fingerprint density at radius 2 is 0.489 bits per heavy atom. The molecule has 10 unspecified atom stereocenters. The molecule has 38 rings (SSSR count). The van der Waals surface area contributed by atoms with Crippen molar-refractivity contribution in [2.45, 2.75) is 344 Å². The van der Waals surface area contributed by atoms with Gasteiger partial charge in [0.25, 0.3) is 0 Å². The summed E-state index contributed by atoms with van der Waals surface area (Å²) in [4.78, 5) is 0. The van der Waals surface area contributed by atoms with Crippen molar-refractivity contribution in [2.75, 3.05) is 0 Å². The standard InChI is InChI=1S/C21H18.C21H20.C19H20.C15H16.C15H18.2C13H16.7C2H6.2Y/c1-3-11-4-2-6-15-18(11)14(5-1)19-16-9-12-7-8-13-10-17(20(15)19)21(12,13)16;1-3-14-4-2-6-18-19(14)17(5-1)20-15-8-12-7-13(9-15)11-16(10-12)21(18)20;1-3-14-4-2-6-18-16-10-12-7-13(11-16)9-15(8-12)17(5-1)19(14)18;1-2-4-12-11(3-1)13-7-9-5-6-10-8-14(12)15(9,10)13;1-2-4-15-13-8-10-5-11(9-13)7-12(6-10)14(15)3-1;1-8-9(2)13-6-10-3-11(7-13)5-12(8)4-10;1-2-12-6-9-3-10-5-11(4-9)8-13(12)7-10;7*1-2;;/h1-6,12-13,16-17H,7-10H2;1-6,12-13,15-16H,7-11H2;1-6,12-13,15-16H,7-11H2;1-4,9-10,13-14H,5-8H2;1-4,10-13H,5-9H2;1-2,10-13H,3-7H2;1-2,9-11,13H,3-5,7-8H2;7*1-2H3;;/q;;;;;2*-2;;;;;;;;;. The molecule has 2 spiro atoms. The Bertz CT molecular complexity index is 5250. The molecule has 30 aliphatic rings. The van der Waals surface area contributed by atoms with Crippen LogP contribution in [0.1, 0.15) is 400 Å². The average Bonchev–Trinajstić information content (AvgIpc) is 1.46. The van der Waals surface area contributed by atoms with Crippen molar-refractivity contribution in [3.8, 4) is 0 Å². The van der Waals surface area contributed by atoms with Gasteiger partial charge in [0, 0.05) is 65.4 Å². The monoisotopic (exact) mass is 1920 g/mol. The Hall–Kier alpha value is -4.81. The second-order valence-corrected chi connectivity index (χ2v) is 45.4. The van der Waals surface area contributed by atoms with Crippen LogP contribution in [0.5, 0.6) is 0 Å². The molecular formula is C131H166Y2-4. The molecule has 30 aliphatic carbocycles. The molecule has 133 heavy (non-hydrogen) atoms. The van der Waals surface area contributed by atoms with Crippen molar-refractivity contribution in [1.29, 1.82) is 0 Å². The SMILES string of the molecule is CC.CC.CC.CC.CC.CC.CC.[CH-]=C1C(=[CH-])C2CC3CC(CC1C3)C2.[CH-]=CC1=[C-]C2CC3CC(C2)CC1C3.[Y].[Y].c1cc2c3c(cccc3c1)C1=C2C2CC3CC(C2)CC1C3.c1cc2c3c(cccc3c1)C1=C2C2CC3CCC4CC1C342.c1cc2c3c(cccc3c1)C1CC3CC(CC2C3)C1.c1ccc2c(c1)C1CC3CC(C1)CC2C3.c1ccc2c(c1)C1CC3CCC4CC2C341. The molecule has 8 aromatic carbocycles. The number of allylic oxidation sites excluding steroid dienone is 9. The van der Waals surface area contributed by atoms with Gasteiger partial charge in [0.05, 0.1) is 0 Å². The molecule has 20 bridgehead atoms. The minimum Gasteiger partial charge on any atom is -0.394 e. The van der Waals surface area contributed by atoms with Crippen LogP contribution in [0, 0.1) is 167 Å². The third-order valence-corrected chi connectivity index (χ3v) is 40.5. The van der Waals surface area contributed by atoms with E-state index in [-0.39, 0.29) is 65.4 Å². The molecule has 18 fully saturated rings. The molecule has 0 N–H and O–H groups in total. The van der Waals surface area contributed by atoms with Gasteiger partial charge >= 0.3 is 0 Å². The van der Waals surface area contributed by atoms with E-state index in [1.807, 2.05) is 103 Å². The summed E-state index contributed by atoms with van der Waals surface area (Å²) in [7, 11) is 0. The molecule has 700 valence electrons. The first-order valence-corrected chi connectivity index (χ1v) is 56.2. The summed E-state index contributed by atoms with van der Waals surface area (Å²) in [5.74, 6) is 26.2. The summed E-state index contributed by atoms with van der Waals surface area (Å²) in [6.45, 7) is 45.9. The van der Waals surface area contributed by atoms with Crippen molar-refractivity contribution in [1.82, 2.24) is 0 Å². The van der Waals surface area contributed by atoms with Gasteiger partial charge in [0.2, 0.25) is 0 Å². The molecule has 0 nitrogen and oxygen atoms in total. The zero-order chi connectivity index (χ0) is 90.6. The normalized spacial score (nSPS) is 37.7. The van der Waals surface area contributed by atoms with Crippen molar-refractivity contribution < 1.29 is 65.4 Å². The maximum absolute atomic E-state index is 6.10. The predicted molar refractivity (Wildman–Crippen MR) is 559 cm³/mol. The zero-order valence-electron chi connectivity index (χ0n) is 85.0.